The highest BCUT2D eigenvalue weighted by molar-refractivity contribution is 6.04. The molecule has 0 saturated heterocycles. The number of amides is 1. The molecule has 0 atom stereocenters. The molecule has 0 aliphatic carbocycles. The van der Waals surface area contributed by atoms with E-state index in [0.29, 0.717) is 22.8 Å². The molecule has 2 aromatic carbocycles. The molecule has 0 radical (unpaired) electrons. The predicted octanol–water partition coefficient (Wildman–Crippen LogP) is 3.37. The summed E-state index contributed by atoms with van der Waals surface area (Å²) in [5, 5.41) is 11.6. The summed E-state index contributed by atoms with van der Waals surface area (Å²) in [6.45, 7) is 0. The highest BCUT2D eigenvalue weighted by atomic mass is 16.1. The van der Waals surface area contributed by atoms with Gasteiger partial charge in [-0.25, -0.2) is 9.97 Å². The summed E-state index contributed by atoms with van der Waals surface area (Å²) in [5.74, 6) is 0.165. The van der Waals surface area contributed by atoms with Crippen molar-refractivity contribution in [2.45, 2.75) is 0 Å². The zero-order chi connectivity index (χ0) is 17.6. The number of hydrogen-bond donors (Lipinski definition) is 1. The van der Waals surface area contributed by atoms with Gasteiger partial charge in [0.25, 0.3) is 5.91 Å². The van der Waals surface area contributed by atoms with Crippen LogP contribution >= 0.6 is 0 Å². The first-order valence-electron chi connectivity index (χ1n) is 7.60. The number of carbonyl (C=O) groups excluding carboxylic acids is 1. The molecule has 25 heavy (non-hydrogen) atoms. The quantitative estimate of drug-likeness (QED) is 0.793. The molecule has 1 amide bonds. The summed E-state index contributed by atoms with van der Waals surface area (Å²) in [6, 6.07) is 18.5. The fourth-order valence-corrected chi connectivity index (χ4v) is 2.25. The van der Waals surface area contributed by atoms with Crippen molar-refractivity contribution in [3.8, 4) is 6.07 Å². The number of nitriles is 1. The van der Waals surface area contributed by atoms with Crippen LogP contribution in [-0.4, -0.2) is 22.9 Å². The average Bonchev–Trinajstić information content (AvgIpc) is 2.68. The molecule has 6 heteroatoms. The molecule has 0 spiro atoms. The van der Waals surface area contributed by atoms with Gasteiger partial charge in [-0.05, 0) is 30.3 Å². The third-order valence-electron chi connectivity index (χ3n) is 3.59. The van der Waals surface area contributed by atoms with Gasteiger partial charge in [-0.1, -0.05) is 24.3 Å². The summed E-state index contributed by atoms with van der Waals surface area (Å²) in [7, 11) is 1.86. The van der Waals surface area contributed by atoms with Gasteiger partial charge < -0.3 is 10.2 Å². The second-order valence-electron chi connectivity index (χ2n) is 5.31. The van der Waals surface area contributed by atoms with Crippen molar-refractivity contribution in [2.75, 3.05) is 17.3 Å². The molecular weight excluding hydrogens is 314 g/mol. The lowest BCUT2D eigenvalue weighted by Crippen LogP contribution is -2.16. The maximum Gasteiger partial charge on any atom is 0.258 e. The Morgan fingerprint density at radius 1 is 1.08 bits per heavy atom. The Balaban J connectivity index is 1.73. The minimum atomic E-state index is -0.330. The second-order valence-corrected chi connectivity index (χ2v) is 5.31. The van der Waals surface area contributed by atoms with Crippen LogP contribution in [0, 0.1) is 11.3 Å². The standard InChI is InChI=1S/C19H15N5O/c1-24(17-8-3-2-4-9-17)19-21-12-15(13-22-19)18(25)23-16-7-5-6-14(10-16)11-20/h2-10,12-13H,1H3,(H,23,25). The van der Waals surface area contributed by atoms with Gasteiger partial charge in [0, 0.05) is 30.8 Å². The molecule has 1 heterocycles. The highest BCUT2D eigenvalue weighted by Gasteiger charge is 2.11. The van der Waals surface area contributed by atoms with Gasteiger partial charge in [0.05, 0.1) is 17.2 Å². The van der Waals surface area contributed by atoms with Crippen molar-refractivity contribution < 1.29 is 4.79 Å². The van der Waals surface area contributed by atoms with Crippen LogP contribution in [0.5, 0.6) is 0 Å². The number of para-hydroxylation sites is 1. The van der Waals surface area contributed by atoms with Gasteiger partial charge in [0.2, 0.25) is 5.95 Å². The summed E-state index contributed by atoms with van der Waals surface area (Å²) in [4.78, 5) is 22.6. The van der Waals surface area contributed by atoms with E-state index in [4.69, 9.17) is 5.26 Å². The maximum absolute atomic E-state index is 12.3. The van der Waals surface area contributed by atoms with E-state index in [1.807, 2.05) is 48.3 Å². The molecular formula is C19H15N5O. The van der Waals surface area contributed by atoms with Gasteiger partial charge in [0.15, 0.2) is 0 Å². The number of rotatable bonds is 4. The third kappa shape index (κ3) is 3.79. The molecule has 3 rings (SSSR count). The fraction of sp³-hybridized carbons (Fsp3) is 0.0526. The number of nitrogens with zero attached hydrogens (tertiary/aromatic N) is 4. The molecule has 0 aliphatic rings. The van der Waals surface area contributed by atoms with Crippen LogP contribution in [0.1, 0.15) is 15.9 Å². The zero-order valence-electron chi connectivity index (χ0n) is 13.5. The second kappa shape index (κ2) is 7.23. The van der Waals surface area contributed by atoms with Crippen molar-refractivity contribution >= 4 is 23.2 Å². The Kier molecular flexibility index (Phi) is 4.67. The summed E-state index contributed by atoms with van der Waals surface area (Å²) in [6.07, 6.45) is 2.95. The van der Waals surface area contributed by atoms with Crippen molar-refractivity contribution in [3.05, 3.63) is 78.1 Å². The van der Waals surface area contributed by atoms with E-state index in [9.17, 15) is 4.79 Å². The lowest BCUT2D eigenvalue weighted by Gasteiger charge is -2.16. The topological polar surface area (TPSA) is 81.9 Å². The van der Waals surface area contributed by atoms with Gasteiger partial charge in [0.1, 0.15) is 0 Å². The van der Waals surface area contributed by atoms with Crippen LogP contribution in [0.4, 0.5) is 17.3 Å². The lowest BCUT2D eigenvalue weighted by molar-refractivity contribution is 0.102. The van der Waals surface area contributed by atoms with Crippen molar-refractivity contribution in [1.82, 2.24) is 9.97 Å². The fourth-order valence-electron chi connectivity index (χ4n) is 2.25. The van der Waals surface area contributed by atoms with Crippen LogP contribution in [0.15, 0.2) is 67.0 Å². The van der Waals surface area contributed by atoms with Crippen molar-refractivity contribution in [1.29, 1.82) is 5.26 Å². The number of aromatic nitrogens is 2. The number of hydrogen-bond acceptors (Lipinski definition) is 5. The van der Waals surface area contributed by atoms with Crippen molar-refractivity contribution in [2.24, 2.45) is 0 Å². The molecule has 6 nitrogen and oxygen atoms in total. The third-order valence-corrected chi connectivity index (χ3v) is 3.59. The van der Waals surface area contributed by atoms with Gasteiger partial charge in [-0.15, -0.1) is 0 Å². The molecule has 0 aliphatic heterocycles. The van der Waals surface area contributed by atoms with Crippen LogP contribution in [0.2, 0.25) is 0 Å². The van der Waals surface area contributed by atoms with E-state index in [2.05, 4.69) is 15.3 Å². The van der Waals surface area contributed by atoms with E-state index in [1.54, 1.807) is 24.3 Å². The van der Waals surface area contributed by atoms with E-state index in [-0.39, 0.29) is 5.91 Å². The van der Waals surface area contributed by atoms with E-state index < -0.39 is 0 Å². The monoisotopic (exact) mass is 329 g/mol. The zero-order valence-corrected chi connectivity index (χ0v) is 13.5. The van der Waals surface area contributed by atoms with Gasteiger partial charge >= 0.3 is 0 Å². The van der Waals surface area contributed by atoms with Crippen LogP contribution in [-0.2, 0) is 0 Å². The maximum atomic E-state index is 12.3. The van der Waals surface area contributed by atoms with E-state index in [0.717, 1.165) is 5.69 Å². The normalized spacial score (nSPS) is 9.92. The molecule has 3 aromatic rings. The minimum Gasteiger partial charge on any atom is -0.322 e. The number of carbonyl (C=O) groups is 1. The van der Waals surface area contributed by atoms with E-state index in [1.165, 1.54) is 12.4 Å². The summed E-state index contributed by atoms with van der Waals surface area (Å²) >= 11 is 0. The number of anilines is 3. The first-order valence-corrected chi connectivity index (χ1v) is 7.60. The van der Waals surface area contributed by atoms with Gasteiger partial charge in [-0.2, -0.15) is 5.26 Å². The number of nitrogens with one attached hydrogen (secondary N) is 1. The Morgan fingerprint density at radius 3 is 2.48 bits per heavy atom. The Labute approximate surface area is 145 Å². The largest absolute Gasteiger partial charge is 0.322 e. The SMILES string of the molecule is CN(c1ccccc1)c1ncc(C(=O)Nc2cccc(C#N)c2)cn1. The molecule has 122 valence electrons. The van der Waals surface area contributed by atoms with Crippen LogP contribution in [0.25, 0.3) is 0 Å². The number of benzene rings is 2. The van der Waals surface area contributed by atoms with Crippen molar-refractivity contribution in [3.63, 3.8) is 0 Å². The average molecular weight is 329 g/mol. The first kappa shape index (κ1) is 16.1. The Bertz CT molecular complexity index is 917. The summed E-state index contributed by atoms with van der Waals surface area (Å²) in [5.41, 5.74) is 2.32. The van der Waals surface area contributed by atoms with Gasteiger partial charge in [-0.3, -0.25) is 4.79 Å². The van der Waals surface area contributed by atoms with E-state index >= 15 is 0 Å². The molecule has 0 saturated carbocycles. The molecule has 1 N–H and O–H groups in total. The summed E-state index contributed by atoms with van der Waals surface area (Å²) < 4.78 is 0. The molecule has 0 fully saturated rings. The molecule has 0 unspecified atom stereocenters. The molecule has 1 aromatic heterocycles. The Morgan fingerprint density at radius 2 is 1.80 bits per heavy atom. The van der Waals surface area contributed by atoms with Crippen LogP contribution in [0.3, 0.4) is 0 Å². The minimum absolute atomic E-state index is 0.330. The van der Waals surface area contributed by atoms with Crippen LogP contribution < -0.4 is 10.2 Å². The predicted molar refractivity (Wildman–Crippen MR) is 95.6 cm³/mol. The first-order chi connectivity index (χ1) is 12.2. The molecule has 0 bridgehead atoms. The lowest BCUT2D eigenvalue weighted by atomic mass is 10.2. The Hall–Kier alpha value is -3.72. The smallest absolute Gasteiger partial charge is 0.258 e. The highest BCUT2D eigenvalue weighted by Crippen LogP contribution is 2.19.